The van der Waals surface area contributed by atoms with Crippen molar-refractivity contribution >= 4 is 22.7 Å². The third-order valence-electron chi connectivity index (χ3n) is 9.40. The average molecular weight is 644 g/mol. The van der Waals surface area contributed by atoms with Gasteiger partial charge in [0.05, 0.1) is 17.1 Å². The molecule has 6 aromatic carbocycles. The van der Waals surface area contributed by atoms with Crippen LogP contribution in [0.4, 0.5) is 5.69 Å². The van der Waals surface area contributed by atoms with Crippen molar-refractivity contribution in [2.75, 3.05) is 11.6 Å². The van der Waals surface area contributed by atoms with Crippen LogP contribution in [0.3, 0.4) is 0 Å². The van der Waals surface area contributed by atoms with Gasteiger partial charge in [-0.05, 0) is 53.8 Å². The lowest BCUT2D eigenvalue weighted by molar-refractivity contribution is 0.982. The largest absolute Gasteiger partial charge is 0.320 e. The highest BCUT2D eigenvalue weighted by molar-refractivity contribution is 6.40. The first-order valence-electron chi connectivity index (χ1n) is 17.1. The number of anilines is 1. The Kier molecular flexibility index (Phi) is 8.46. The molecule has 0 radical (unpaired) electrons. The molecule has 0 aliphatic carbocycles. The molecule has 0 amide bonds. The maximum atomic E-state index is 5.50. The van der Waals surface area contributed by atoms with Crippen molar-refractivity contribution in [3.8, 4) is 33.4 Å². The number of aryl methyl sites for hydroxylation is 2. The van der Waals surface area contributed by atoms with Gasteiger partial charge in [0, 0.05) is 39.2 Å². The maximum absolute atomic E-state index is 5.50. The minimum Gasteiger partial charge on any atom is -0.320 e. The zero-order chi connectivity index (χ0) is 33.9. The number of allylic oxidation sites excluding steroid dienone is 1. The molecule has 0 fully saturated rings. The zero-order valence-electron chi connectivity index (χ0n) is 28.3. The van der Waals surface area contributed by atoms with Crippen LogP contribution < -0.4 is 4.90 Å². The molecule has 2 heterocycles. The lowest BCUT2D eigenvalue weighted by atomic mass is 9.81. The summed E-state index contributed by atoms with van der Waals surface area (Å²) in [6.45, 7) is 4.64. The zero-order valence-corrected chi connectivity index (χ0v) is 28.3. The Hall–Kier alpha value is -6.32. The smallest absolute Gasteiger partial charge is 0.115 e. The summed E-state index contributed by atoms with van der Waals surface area (Å²) in [7, 11) is 0. The molecule has 0 N–H and O–H groups in total. The molecule has 0 spiro atoms. The normalized spacial score (nSPS) is 12.9. The Bertz CT molecular complexity index is 2340. The van der Waals surface area contributed by atoms with Crippen LogP contribution in [-0.4, -0.2) is 17.4 Å². The Labute approximate surface area is 294 Å². The van der Waals surface area contributed by atoms with Gasteiger partial charge < -0.3 is 4.90 Å². The van der Waals surface area contributed by atoms with E-state index in [1.807, 2.05) is 0 Å². The van der Waals surface area contributed by atoms with Crippen LogP contribution in [0, 0.1) is 13.8 Å². The van der Waals surface area contributed by atoms with Crippen LogP contribution in [0.5, 0.6) is 0 Å². The summed E-state index contributed by atoms with van der Waals surface area (Å²) < 4.78 is 0. The first-order valence-corrected chi connectivity index (χ1v) is 17.1. The van der Waals surface area contributed by atoms with Crippen LogP contribution >= 0.6 is 0 Å². The van der Waals surface area contributed by atoms with Gasteiger partial charge in [0.2, 0.25) is 0 Å². The second kappa shape index (κ2) is 13.7. The number of aromatic nitrogens is 1. The summed E-state index contributed by atoms with van der Waals surface area (Å²) in [5, 5.41) is 0. The highest BCUT2D eigenvalue weighted by Gasteiger charge is 2.32. The summed E-state index contributed by atoms with van der Waals surface area (Å²) in [6.07, 6.45) is 0. The molecule has 7 aromatic rings. The first-order chi connectivity index (χ1) is 24.7. The van der Waals surface area contributed by atoms with E-state index in [4.69, 9.17) is 9.98 Å². The van der Waals surface area contributed by atoms with Gasteiger partial charge in [0.1, 0.15) is 6.67 Å². The summed E-state index contributed by atoms with van der Waals surface area (Å²) in [5.74, 6) is 0. The molecular formula is C47H37N3. The number of hydrogen-bond donors (Lipinski definition) is 0. The monoisotopic (exact) mass is 643 g/mol. The Balaban J connectivity index is 1.53. The van der Waals surface area contributed by atoms with Crippen molar-refractivity contribution in [1.29, 1.82) is 0 Å². The number of pyridine rings is 1. The lowest BCUT2D eigenvalue weighted by Gasteiger charge is -2.36. The number of aliphatic imine (C=N–C) groups is 1. The second-order valence-electron chi connectivity index (χ2n) is 12.6. The average Bonchev–Trinajstić information content (AvgIpc) is 3.18. The van der Waals surface area contributed by atoms with Gasteiger partial charge in [0.15, 0.2) is 0 Å². The topological polar surface area (TPSA) is 28.5 Å². The van der Waals surface area contributed by atoms with Gasteiger partial charge in [0.25, 0.3) is 0 Å². The highest BCUT2D eigenvalue weighted by Crippen LogP contribution is 2.47. The Morgan fingerprint density at radius 1 is 0.440 bits per heavy atom. The number of hydrogen-bond acceptors (Lipinski definition) is 3. The molecule has 1 aliphatic rings. The van der Waals surface area contributed by atoms with E-state index < -0.39 is 0 Å². The second-order valence-corrected chi connectivity index (χ2v) is 12.6. The lowest BCUT2D eigenvalue weighted by Crippen LogP contribution is -2.30. The molecule has 0 unspecified atom stereocenters. The Morgan fingerprint density at radius 3 is 1.60 bits per heavy atom. The minimum atomic E-state index is 0.468. The fraction of sp³-hybridized carbons (Fsp3) is 0.0638. The molecule has 3 nitrogen and oxygen atoms in total. The van der Waals surface area contributed by atoms with Crippen LogP contribution in [0.2, 0.25) is 0 Å². The van der Waals surface area contributed by atoms with Crippen molar-refractivity contribution in [3.05, 3.63) is 204 Å². The van der Waals surface area contributed by atoms with Crippen molar-refractivity contribution in [2.24, 2.45) is 4.99 Å². The molecule has 3 heteroatoms. The molecule has 50 heavy (non-hydrogen) atoms. The Morgan fingerprint density at radius 2 is 0.960 bits per heavy atom. The fourth-order valence-electron chi connectivity index (χ4n) is 7.15. The predicted octanol–water partition coefficient (Wildman–Crippen LogP) is 11.5. The minimum absolute atomic E-state index is 0.468. The van der Waals surface area contributed by atoms with Crippen molar-refractivity contribution in [3.63, 3.8) is 0 Å². The molecule has 240 valence electrons. The summed E-state index contributed by atoms with van der Waals surface area (Å²) >= 11 is 0. The molecule has 8 rings (SSSR count). The quantitative estimate of drug-likeness (QED) is 0.173. The van der Waals surface area contributed by atoms with E-state index in [9.17, 15) is 0 Å². The van der Waals surface area contributed by atoms with E-state index in [0.717, 1.165) is 78.6 Å². The fourth-order valence-corrected chi connectivity index (χ4v) is 7.15. The van der Waals surface area contributed by atoms with Crippen molar-refractivity contribution < 1.29 is 0 Å². The van der Waals surface area contributed by atoms with E-state index in [0.29, 0.717) is 6.67 Å². The molecule has 0 saturated heterocycles. The van der Waals surface area contributed by atoms with Crippen LogP contribution in [0.1, 0.15) is 28.1 Å². The van der Waals surface area contributed by atoms with E-state index in [-0.39, 0.29) is 0 Å². The molecular weight excluding hydrogens is 607 g/mol. The number of nitrogens with zero attached hydrogens (tertiary/aromatic N) is 3. The van der Waals surface area contributed by atoms with Gasteiger partial charge in [-0.2, -0.15) is 0 Å². The van der Waals surface area contributed by atoms with E-state index in [1.54, 1.807) is 0 Å². The number of benzene rings is 6. The van der Waals surface area contributed by atoms with E-state index in [1.165, 1.54) is 5.56 Å². The molecule has 0 saturated carbocycles. The maximum Gasteiger partial charge on any atom is 0.115 e. The van der Waals surface area contributed by atoms with Crippen LogP contribution in [0.15, 0.2) is 181 Å². The van der Waals surface area contributed by atoms with E-state index in [2.05, 4.69) is 195 Å². The number of rotatable bonds is 7. The van der Waals surface area contributed by atoms with Crippen molar-refractivity contribution in [1.82, 2.24) is 4.98 Å². The third-order valence-corrected chi connectivity index (χ3v) is 9.40. The summed E-state index contributed by atoms with van der Waals surface area (Å²) in [5.41, 5.74) is 16.5. The molecule has 0 atom stereocenters. The number of para-hydroxylation sites is 1. The first kappa shape index (κ1) is 31.0. The van der Waals surface area contributed by atoms with Crippen molar-refractivity contribution in [2.45, 2.75) is 13.8 Å². The van der Waals surface area contributed by atoms with Gasteiger partial charge in [-0.1, -0.05) is 164 Å². The predicted molar refractivity (Wildman–Crippen MR) is 210 cm³/mol. The van der Waals surface area contributed by atoms with Crippen LogP contribution in [0.25, 0.3) is 44.7 Å². The molecule has 1 aromatic heterocycles. The third kappa shape index (κ3) is 5.84. The SMILES string of the molecule is Cc1ccc(-c2cccc(-c3ccccc3)c2C2=C(c3ccccc3)N(c3ccccc3-c3ccccc3)CN=C2c2ccccc2)c(C)n1. The molecule has 0 bridgehead atoms. The van der Waals surface area contributed by atoms with Gasteiger partial charge in [-0.25, -0.2) is 0 Å². The van der Waals surface area contributed by atoms with Gasteiger partial charge in [-0.15, -0.1) is 0 Å². The van der Waals surface area contributed by atoms with Crippen LogP contribution in [-0.2, 0) is 0 Å². The summed E-state index contributed by atoms with van der Waals surface area (Å²) in [6, 6.07) is 62.5. The highest BCUT2D eigenvalue weighted by atomic mass is 15.2. The van der Waals surface area contributed by atoms with Gasteiger partial charge in [-0.3, -0.25) is 9.98 Å². The standard InChI is InChI=1S/C47H37N3/c1-33-30-31-39(34(2)49-33)42-28-17-27-41(36-20-9-4-10-21-36)44(42)45-46(37-22-11-5-12-23-37)48-32-50(47(45)38-24-13-6-14-25-38)43-29-16-15-26-40(43)35-18-7-3-8-19-35/h3-31H,32H2,1-2H3. The van der Waals surface area contributed by atoms with E-state index >= 15 is 0 Å². The summed E-state index contributed by atoms with van der Waals surface area (Å²) in [4.78, 5) is 12.9. The van der Waals surface area contributed by atoms with Gasteiger partial charge >= 0.3 is 0 Å². The molecule has 1 aliphatic heterocycles.